The lowest BCUT2D eigenvalue weighted by molar-refractivity contribution is -0.137. The molecule has 0 fully saturated rings. The van der Waals surface area contributed by atoms with Crippen molar-refractivity contribution in [1.82, 2.24) is 18.7 Å². The molecule has 0 amide bonds. The highest BCUT2D eigenvalue weighted by Crippen LogP contribution is 2.31. The summed E-state index contributed by atoms with van der Waals surface area (Å²) in [4.78, 5) is 3.99. The van der Waals surface area contributed by atoms with Crippen LogP contribution in [0.4, 0.5) is 13.2 Å². The first-order chi connectivity index (χ1) is 13.2. The molecule has 28 heavy (non-hydrogen) atoms. The van der Waals surface area contributed by atoms with E-state index >= 15 is 0 Å². The Hall–Kier alpha value is -3.14. The zero-order chi connectivity index (χ0) is 20.1. The van der Waals surface area contributed by atoms with Crippen LogP contribution in [0.3, 0.4) is 0 Å². The van der Waals surface area contributed by atoms with E-state index in [4.69, 9.17) is 0 Å². The van der Waals surface area contributed by atoms with Crippen LogP contribution in [-0.2, 0) is 23.2 Å². The molecular formula is C18H13F3N4O2S. The highest BCUT2D eigenvalue weighted by atomic mass is 32.2. The summed E-state index contributed by atoms with van der Waals surface area (Å²) in [7, 11) is -2.31. The molecule has 10 heteroatoms. The van der Waals surface area contributed by atoms with E-state index in [9.17, 15) is 21.6 Å². The van der Waals surface area contributed by atoms with Gasteiger partial charge in [-0.2, -0.15) is 18.3 Å². The fourth-order valence-corrected chi connectivity index (χ4v) is 4.16. The molecule has 4 rings (SSSR count). The molecule has 0 atom stereocenters. The van der Waals surface area contributed by atoms with Gasteiger partial charge in [0.1, 0.15) is 0 Å². The van der Waals surface area contributed by atoms with E-state index in [1.54, 1.807) is 36.3 Å². The molecule has 0 spiro atoms. The number of aromatic nitrogens is 4. The van der Waals surface area contributed by atoms with Crippen LogP contribution in [0.15, 0.2) is 66.1 Å². The molecule has 0 radical (unpaired) electrons. The summed E-state index contributed by atoms with van der Waals surface area (Å²) in [6.45, 7) is 0. The van der Waals surface area contributed by atoms with Crippen molar-refractivity contribution in [2.75, 3.05) is 0 Å². The van der Waals surface area contributed by atoms with Crippen molar-refractivity contribution in [3.8, 4) is 11.1 Å². The fraction of sp³-hybridized carbons (Fsp3) is 0.111. The van der Waals surface area contributed by atoms with Gasteiger partial charge in [0.15, 0.2) is 5.65 Å². The largest absolute Gasteiger partial charge is 0.416 e. The van der Waals surface area contributed by atoms with Crippen molar-refractivity contribution in [3.63, 3.8) is 0 Å². The molecule has 0 aliphatic carbocycles. The highest BCUT2D eigenvalue weighted by Gasteiger charge is 2.31. The number of halogens is 3. The van der Waals surface area contributed by atoms with Crippen LogP contribution in [0.2, 0.25) is 0 Å². The second-order valence-electron chi connectivity index (χ2n) is 6.18. The Kier molecular flexibility index (Phi) is 4.03. The molecule has 0 saturated heterocycles. The van der Waals surface area contributed by atoms with Gasteiger partial charge in [0.25, 0.3) is 10.0 Å². The average Bonchev–Trinajstić information content (AvgIpc) is 3.27. The molecule has 0 aliphatic heterocycles. The second kappa shape index (κ2) is 6.20. The minimum Gasteiger partial charge on any atom is -0.275 e. The second-order valence-corrected chi connectivity index (χ2v) is 7.99. The minimum atomic E-state index is -4.54. The molecule has 0 unspecified atom stereocenters. The third-order valence-electron chi connectivity index (χ3n) is 4.27. The van der Waals surface area contributed by atoms with E-state index < -0.39 is 21.8 Å². The van der Waals surface area contributed by atoms with E-state index in [1.807, 2.05) is 0 Å². The number of benzene rings is 1. The number of pyridine rings is 1. The Morgan fingerprint density at radius 1 is 1.00 bits per heavy atom. The molecule has 1 aromatic carbocycles. The standard InChI is InChI=1S/C18H13F3N4O2S/c1-24-11-14(10-23-24)13-8-12-6-7-25(17(12)22-9-13)28(26,27)16-4-2-15(3-5-16)18(19,20)21/h2-11H,1H3. The Labute approximate surface area is 157 Å². The first kappa shape index (κ1) is 18.2. The van der Waals surface area contributed by atoms with Crippen LogP contribution in [0.1, 0.15) is 5.56 Å². The first-order valence-corrected chi connectivity index (χ1v) is 9.49. The van der Waals surface area contributed by atoms with Crippen molar-refractivity contribution >= 4 is 21.1 Å². The highest BCUT2D eigenvalue weighted by molar-refractivity contribution is 7.90. The molecule has 4 aromatic rings. The lowest BCUT2D eigenvalue weighted by Gasteiger charge is -2.10. The van der Waals surface area contributed by atoms with Gasteiger partial charge in [-0.25, -0.2) is 17.4 Å². The van der Waals surface area contributed by atoms with Gasteiger partial charge in [0.2, 0.25) is 0 Å². The van der Waals surface area contributed by atoms with Crippen molar-refractivity contribution in [2.24, 2.45) is 7.05 Å². The maximum Gasteiger partial charge on any atom is 0.416 e. The number of fused-ring (bicyclic) bond motifs is 1. The van der Waals surface area contributed by atoms with Crippen molar-refractivity contribution < 1.29 is 21.6 Å². The lowest BCUT2D eigenvalue weighted by Crippen LogP contribution is -2.13. The number of hydrogen-bond acceptors (Lipinski definition) is 4. The monoisotopic (exact) mass is 406 g/mol. The van der Waals surface area contributed by atoms with Crippen molar-refractivity contribution in [1.29, 1.82) is 0 Å². The summed E-state index contributed by atoms with van der Waals surface area (Å²) in [6, 6.07) is 6.73. The molecule has 144 valence electrons. The van der Waals surface area contributed by atoms with Gasteiger partial charge >= 0.3 is 6.18 Å². The molecule has 0 saturated carbocycles. The van der Waals surface area contributed by atoms with E-state index in [1.165, 1.54) is 12.4 Å². The third-order valence-corrected chi connectivity index (χ3v) is 5.95. The van der Waals surface area contributed by atoms with Gasteiger partial charge in [-0.3, -0.25) is 4.68 Å². The fourth-order valence-electron chi connectivity index (χ4n) is 2.85. The van der Waals surface area contributed by atoms with E-state index in [0.717, 1.165) is 39.4 Å². The van der Waals surface area contributed by atoms with Crippen molar-refractivity contribution in [2.45, 2.75) is 11.1 Å². The Morgan fingerprint density at radius 3 is 2.32 bits per heavy atom. The topological polar surface area (TPSA) is 69.8 Å². The Balaban J connectivity index is 1.76. The number of rotatable bonds is 3. The zero-order valence-corrected chi connectivity index (χ0v) is 15.2. The van der Waals surface area contributed by atoms with Crippen LogP contribution in [0.25, 0.3) is 22.2 Å². The number of alkyl halides is 3. The summed E-state index contributed by atoms with van der Waals surface area (Å²) in [5.41, 5.74) is 0.871. The van der Waals surface area contributed by atoms with Crippen LogP contribution in [0.5, 0.6) is 0 Å². The quantitative estimate of drug-likeness (QED) is 0.520. The minimum absolute atomic E-state index is 0.188. The van der Waals surface area contributed by atoms with Gasteiger partial charge in [0.05, 0.1) is 16.7 Å². The summed E-state index contributed by atoms with van der Waals surface area (Å²) < 4.78 is 66.4. The Bertz CT molecular complexity index is 1270. The molecule has 0 aliphatic rings. The third kappa shape index (κ3) is 3.05. The predicted octanol–water partition coefficient (Wildman–Crippen LogP) is 3.69. The van der Waals surface area contributed by atoms with Crippen LogP contribution in [0, 0.1) is 0 Å². The van der Waals surface area contributed by atoms with Gasteiger partial charge in [-0.15, -0.1) is 0 Å². The maximum absolute atomic E-state index is 12.9. The predicted molar refractivity (Wildman–Crippen MR) is 96.0 cm³/mol. The molecule has 0 bridgehead atoms. The zero-order valence-electron chi connectivity index (χ0n) is 14.4. The van der Waals surface area contributed by atoms with Gasteiger partial charge < -0.3 is 0 Å². The molecule has 0 N–H and O–H groups in total. The van der Waals surface area contributed by atoms with Gasteiger partial charge in [-0.1, -0.05) is 0 Å². The van der Waals surface area contributed by atoms with Gasteiger partial charge in [-0.05, 0) is 36.4 Å². The maximum atomic E-state index is 12.9. The first-order valence-electron chi connectivity index (χ1n) is 8.05. The van der Waals surface area contributed by atoms with E-state index in [-0.39, 0.29) is 10.5 Å². The van der Waals surface area contributed by atoms with Crippen LogP contribution in [-0.4, -0.2) is 27.2 Å². The lowest BCUT2D eigenvalue weighted by atomic mass is 10.1. The SMILES string of the molecule is Cn1cc(-c2cnc3c(ccn3S(=O)(=O)c3ccc(C(F)(F)F)cc3)c2)cn1. The average molecular weight is 406 g/mol. The molecule has 3 heterocycles. The van der Waals surface area contributed by atoms with Crippen molar-refractivity contribution in [3.05, 3.63) is 66.7 Å². The molecule has 6 nitrogen and oxygen atoms in total. The van der Waals surface area contributed by atoms with Gasteiger partial charge in [0, 0.05) is 42.2 Å². The van der Waals surface area contributed by atoms with E-state index in [0.29, 0.717) is 5.39 Å². The summed E-state index contributed by atoms with van der Waals surface area (Å²) >= 11 is 0. The van der Waals surface area contributed by atoms with E-state index in [2.05, 4.69) is 10.1 Å². The molecule has 3 aromatic heterocycles. The van der Waals surface area contributed by atoms with Crippen LogP contribution < -0.4 is 0 Å². The number of hydrogen-bond donors (Lipinski definition) is 0. The van der Waals surface area contributed by atoms with Crippen LogP contribution >= 0.6 is 0 Å². The smallest absolute Gasteiger partial charge is 0.275 e. The summed E-state index contributed by atoms with van der Waals surface area (Å²) in [6.07, 6.45) is 1.79. The normalized spacial score (nSPS) is 12.6. The number of aryl methyl sites for hydroxylation is 1. The number of nitrogens with zero attached hydrogens (tertiary/aromatic N) is 4. The summed E-state index contributed by atoms with van der Waals surface area (Å²) in [5.74, 6) is 0. The molecular weight excluding hydrogens is 393 g/mol. The summed E-state index contributed by atoms with van der Waals surface area (Å²) in [5, 5.41) is 4.67. The Morgan fingerprint density at radius 2 is 1.71 bits per heavy atom.